The molecule has 3 aromatic rings. The van der Waals surface area contributed by atoms with Crippen LogP contribution in [0.3, 0.4) is 0 Å². The van der Waals surface area contributed by atoms with E-state index in [4.69, 9.17) is 11.6 Å². The Kier molecular flexibility index (Phi) is 3.94. The molecule has 23 heavy (non-hydrogen) atoms. The Labute approximate surface area is 135 Å². The lowest BCUT2D eigenvalue weighted by Crippen LogP contribution is -2.08. The van der Waals surface area contributed by atoms with Crippen LogP contribution in [-0.4, -0.2) is 14.9 Å². The van der Waals surface area contributed by atoms with Crippen LogP contribution >= 0.6 is 11.6 Å². The van der Waals surface area contributed by atoms with Gasteiger partial charge in [0.1, 0.15) is 5.69 Å². The topological polar surface area (TPSA) is 101 Å². The van der Waals surface area contributed by atoms with Gasteiger partial charge < -0.3 is 10.3 Å². The highest BCUT2D eigenvalue weighted by molar-refractivity contribution is 6.30. The molecule has 7 nitrogen and oxygen atoms in total. The van der Waals surface area contributed by atoms with E-state index in [1.807, 2.05) is 12.1 Å². The summed E-state index contributed by atoms with van der Waals surface area (Å²) >= 11 is 5.83. The maximum absolute atomic E-state index is 11.7. The first kappa shape index (κ1) is 15.0. The third-order valence-electron chi connectivity index (χ3n) is 3.35. The van der Waals surface area contributed by atoms with Crippen LogP contribution < -0.4 is 10.9 Å². The smallest absolute Gasteiger partial charge is 0.293 e. The molecule has 1 aromatic heterocycles. The average molecular weight is 331 g/mol. The molecule has 0 bridgehead atoms. The highest BCUT2D eigenvalue weighted by Gasteiger charge is 2.17. The molecule has 2 N–H and O–H groups in total. The molecule has 2 aromatic carbocycles. The van der Waals surface area contributed by atoms with Crippen molar-refractivity contribution in [3.8, 4) is 0 Å². The number of anilines is 1. The van der Waals surface area contributed by atoms with Crippen molar-refractivity contribution in [2.24, 2.45) is 0 Å². The normalized spacial score (nSPS) is 10.7. The molecule has 0 aliphatic carbocycles. The van der Waals surface area contributed by atoms with E-state index >= 15 is 0 Å². The second kappa shape index (κ2) is 6.05. The van der Waals surface area contributed by atoms with Gasteiger partial charge in [-0.1, -0.05) is 23.7 Å². The molecule has 0 unspecified atom stereocenters. The number of hydrogen-bond donors (Lipinski definition) is 2. The monoisotopic (exact) mass is 330 g/mol. The Morgan fingerprint density at radius 1 is 1.26 bits per heavy atom. The number of nitro groups is 1. The van der Waals surface area contributed by atoms with Gasteiger partial charge in [-0.25, -0.2) is 4.98 Å². The predicted molar refractivity (Wildman–Crippen MR) is 87.8 cm³/mol. The predicted octanol–water partition coefficient (Wildman–Crippen LogP) is 3.10. The van der Waals surface area contributed by atoms with Crippen molar-refractivity contribution in [2.45, 2.75) is 6.54 Å². The van der Waals surface area contributed by atoms with Gasteiger partial charge in [0, 0.05) is 17.6 Å². The molecule has 8 heteroatoms. The molecule has 0 saturated carbocycles. The molecule has 0 aliphatic heterocycles. The summed E-state index contributed by atoms with van der Waals surface area (Å²) in [5, 5.41) is 15.0. The molecule has 0 atom stereocenters. The highest BCUT2D eigenvalue weighted by atomic mass is 35.5. The van der Waals surface area contributed by atoms with Crippen LogP contribution in [0, 0.1) is 10.1 Å². The van der Waals surface area contributed by atoms with Crippen LogP contribution in [0.4, 0.5) is 11.4 Å². The van der Waals surface area contributed by atoms with Crippen LogP contribution in [0.5, 0.6) is 0 Å². The number of H-pyrrole nitrogens is 1. The minimum atomic E-state index is -0.532. The fraction of sp³-hybridized carbons (Fsp3) is 0.0667. The Morgan fingerprint density at radius 2 is 2.00 bits per heavy atom. The van der Waals surface area contributed by atoms with Gasteiger partial charge in [-0.3, -0.25) is 14.9 Å². The fourth-order valence-corrected chi connectivity index (χ4v) is 2.32. The summed E-state index contributed by atoms with van der Waals surface area (Å²) in [5.74, 6) is 0. The van der Waals surface area contributed by atoms with Crippen LogP contribution in [0.15, 0.2) is 47.5 Å². The lowest BCUT2D eigenvalue weighted by molar-refractivity contribution is -0.383. The summed E-state index contributed by atoms with van der Waals surface area (Å²) < 4.78 is 0. The van der Waals surface area contributed by atoms with Gasteiger partial charge >= 0.3 is 0 Å². The number of aromatic amines is 1. The molecule has 0 saturated heterocycles. The molecule has 116 valence electrons. The number of rotatable bonds is 4. The molecule has 1 heterocycles. The molecule has 0 aliphatic rings. The molecule has 0 spiro atoms. The largest absolute Gasteiger partial charge is 0.375 e. The first-order valence-electron chi connectivity index (χ1n) is 6.69. The van der Waals surface area contributed by atoms with Gasteiger partial charge in [0.05, 0.1) is 22.2 Å². The third-order valence-corrected chi connectivity index (χ3v) is 3.60. The van der Waals surface area contributed by atoms with Crippen molar-refractivity contribution in [2.75, 3.05) is 5.32 Å². The second-order valence-corrected chi connectivity index (χ2v) is 5.29. The van der Waals surface area contributed by atoms with E-state index < -0.39 is 10.5 Å². The van der Waals surface area contributed by atoms with Gasteiger partial charge in [0.25, 0.3) is 11.2 Å². The lowest BCUT2D eigenvalue weighted by Gasteiger charge is -2.08. The summed E-state index contributed by atoms with van der Waals surface area (Å²) in [6.07, 6.45) is 1.26. The number of hydrogen-bond acceptors (Lipinski definition) is 5. The van der Waals surface area contributed by atoms with Crippen LogP contribution in [0.1, 0.15) is 5.56 Å². The number of aromatic nitrogens is 2. The number of fused-ring (bicyclic) bond motifs is 1. The Hall–Kier alpha value is -2.93. The van der Waals surface area contributed by atoms with Crippen LogP contribution in [0.2, 0.25) is 5.02 Å². The van der Waals surface area contributed by atoms with E-state index in [1.54, 1.807) is 12.1 Å². The first-order chi connectivity index (χ1) is 11.0. The second-order valence-electron chi connectivity index (χ2n) is 4.86. The van der Waals surface area contributed by atoms with E-state index in [-0.39, 0.29) is 11.1 Å². The van der Waals surface area contributed by atoms with E-state index in [0.717, 1.165) is 5.56 Å². The number of halogens is 1. The molecule has 0 fully saturated rings. The fourth-order valence-electron chi connectivity index (χ4n) is 2.20. The quantitative estimate of drug-likeness (QED) is 0.565. The van der Waals surface area contributed by atoms with E-state index in [0.29, 0.717) is 22.8 Å². The minimum absolute atomic E-state index is 0.176. The average Bonchev–Trinajstić information content (AvgIpc) is 2.54. The summed E-state index contributed by atoms with van der Waals surface area (Å²) in [4.78, 5) is 28.9. The Balaban J connectivity index is 1.98. The summed E-state index contributed by atoms with van der Waals surface area (Å²) in [6, 6.07) is 9.86. The van der Waals surface area contributed by atoms with Crippen molar-refractivity contribution >= 4 is 33.9 Å². The van der Waals surface area contributed by atoms with Gasteiger partial charge in [-0.15, -0.1) is 0 Å². The van der Waals surface area contributed by atoms with Crippen molar-refractivity contribution in [3.63, 3.8) is 0 Å². The molecular formula is C15H11ClN4O3. The standard InChI is InChI=1S/C15H11ClN4O3/c16-10-3-1-9(2-4-10)7-17-13-6-12-11(5-14(13)20(22)23)15(21)19-8-18-12/h1-6,8,17H,7H2,(H,18,19,21). The number of nitro benzene ring substituents is 1. The van der Waals surface area contributed by atoms with Crippen LogP contribution in [-0.2, 0) is 6.54 Å². The molecule has 0 radical (unpaired) electrons. The van der Waals surface area contributed by atoms with E-state index in [2.05, 4.69) is 15.3 Å². The summed E-state index contributed by atoms with van der Waals surface area (Å²) in [6.45, 7) is 0.382. The number of nitrogens with one attached hydrogen (secondary N) is 2. The van der Waals surface area contributed by atoms with Crippen molar-refractivity contribution in [3.05, 3.63) is 73.8 Å². The minimum Gasteiger partial charge on any atom is -0.375 e. The number of benzene rings is 2. The van der Waals surface area contributed by atoms with Gasteiger partial charge in [0.2, 0.25) is 0 Å². The maximum atomic E-state index is 11.7. The summed E-state index contributed by atoms with van der Waals surface area (Å²) in [7, 11) is 0. The van der Waals surface area contributed by atoms with Crippen molar-refractivity contribution in [1.29, 1.82) is 0 Å². The number of nitrogens with zero attached hydrogens (tertiary/aromatic N) is 2. The summed E-state index contributed by atoms with van der Waals surface area (Å²) in [5.41, 5.74) is 1.02. The SMILES string of the molecule is O=c1[nH]cnc2cc(NCc3ccc(Cl)cc3)c([N+](=O)[O-])cc12. The Morgan fingerprint density at radius 3 is 2.70 bits per heavy atom. The van der Waals surface area contributed by atoms with Crippen molar-refractivity contribution < 1.29 is 4.92 Å². The first-order valence-corrected chi connectivity index (χ1v) is 7.06. The van der Waals surface area contributed by atoms with Gasteiger partial charge in [-0.05, 0) is 23.8 Å². The van der Waals surface area contributed by atoms with Crippen LogP contribution in [0.25, 0.3) is 10.9 Å². The third kappa shape index (κ3) is 3.14. The van der Waals surface area contributed by atoms with E-state index in [1.165, 1.54) is 18.5 Å². The zero-order chi connectivity index (χ0) is 16.4. The van der Waals surface area contributed by atoms with Gasteiger partial charge in [0.15, 0.2) is 0 Å². The van der Waals surface area contributed by atoms with E-state index in [9.17, 15) is 14.9 Å². The zero-order valence-corrected chi connectivity index (χ0v) is 12.5. The zero-order valence-electron chi connectivity index (χ0n) is 11.7. The molecule has 3 rings (SSSR count). The lowest BCUT2D eigenvalue weighted by atomic mass is 10.1. The van der Waals surface area contributed by atoms with Gasteiger partial charge in [-0.2, -0.15) is 0 Å². The highest BCUT2D eigenvalue weighted by Crippen LogP contribution is 2.28. The van der Waals surface area contributed by atoms with Crippen molar-refractivity contribution in [1.82, 2.24) is 9.97 Å². The Bertz CT molecular complexity index is 938. The molecule has 0 amide bonds. The maximum Gasteiger partial charge on any atom is 0.293 e. The molecular weight excluding hydrogens is 320 g/mol.